The minimum Gasteiger partial charge on any atom is -0.477 e. The number of nitrogens with zero attached hydrogens (tertiary/aromatic N) is 6. The molecular weight excluding hydrogens is 529 g/mol. The summed E-state index contributed by atoms with van der Waals surface area (Å²) in [5, 5.41) is 8.95. The highest BCUT2D eigenvalue weighted by molar-refractivity contribution is 14.2. The molecule has 0 aromatic carbocycles. The zero-order chi connectivity index (χ0) is 21.4. The lowest BCUT2D eigenvalue weighted by Gasteiger charge is -2.44. The number of hydrogen-bond donors (Lipinski definition) is 1. The summed E-state index contributed by atoms with van der Waals surface area (Å²) in [7, 11) is 1.57. The Labute approximate surface area is 197 Å². The maximum atomic E-state index is 5.77. The van der Waals surface area contributed by atoms with Crippen molar-refractivity contribution >= 4 is 53.0 Å². The summed E-state index contributed by atoms with van der Waals surface area (Å²) in [6, 6.07) is 3.07. The second kappa shape index (κ2) is 9.12. The van der Waals surface area contributed by atoms with Gasteiger partial charge in [0.2, 0.25) is 11.8 Å². The fourth-order valence-electron chi connectivity index (χ4n) is 4.36. The Morgan fingerprint density at radius 1 is 1.26 bits per heavy atom. The average molecular weight is 555 g/mol. The molecule has 0 amide bonds. The van der Waals surface area contributed by atoms with Gasteiger partial charge in [-0.05, 0) is 32.8 Å². The summed E-state index contributed by atoms with van der Waals surface area (Å²) in [6.45, 7) is 8.40. The molecule has 11 heteroatoms. The summed E-state index contributed by atoms with van der Waals surface area (Å²) in [4.78, 5) is 11.9. The molecule has 2 aliphatic rings. The smallest absolute Gasteiger partial charge is 0.232 e. The molecule has 5 rings (SSSR count). The van der Waals surface area contributed by atoms with Gasteiger partial charge in [-0.25, -0.2) is 0 Å². The first-order valence-corrected chi connectivity index (χ1v) is 13.9. The number of hydrogen-bond acceptors (Lipinski definition) is 8. The van der Waals surface area contributed by atoms with Gasteiger partial charge >= 0.3 is 0 Å². The summed E-state index contributed by atoms with van der Waals surface area (Å²) in [6.07, 6.45) is 6.13. The van der Waals surface area contributed by atoms with Crippen molar-refractivity contribution in [3.63, 3.8) is 0 Å². The highest BCUT2D eigenvalue weighted by atomic mass is 127. The van der Waals surface area contributed by atoms with Crippen molar-refractivity contribution in [2.75, 3.05) is 38.2 Å². The highest BCUT2D eigenvalue weighted by Crippen LogP contribution is 2.38. The maximum Gasteiger partial charge on any atom is 0.232 e. The first kappa shape index (κ1) is 21.3. The minimum absolute atomic E-state index is 0.443. The number of anilines is 2. The summed E-state index contributed by atoms with van der Waals surface area (Å²) in [5.74, 6) is 1.11. The summed E-state index contributed by atoms with van der Waals surface area (Å²) >= 11 is 2.24. The van der Waals surface area contributed by atoms with E-state index in [0.29, 0.717) is 30.5 Å². The van der Waals surface area contributed by atoms with Gasteiger partial charge in [-0.15, -0.1) is 0 Å². The predicted molar refractivity (Wildman–Crippen MR) is 130 cm³/mol. The Kier molecular flexibility index (Phi) is 6.26. The summed E-state index contributed by atoms with van der Waals surface area (Å²) in [5.41, 5.74) is 2.86. The van der Waals surface area contributed by atoms with Crippen LogP contribution in [0.1, 0.15) is 31.5 Å². The topological polar surface area (TPSA) is 82.3 Å². The molecule has 1 saturated heterocycles. The molecule has 3 aromatic rings. The Hall–Kier alpha value is -1.57. The van der Waals surface area contributed by atoms with Crippen LogP contribution < -0.4 is 10.1 Å². The Balaban J connectivity index is 1.33. The molecule has 31 heavy (non-hydrogen) atoms. The number of rotatable bonds is 7. The van der Waals surface area contributed by atoms with E-state index in [0.717, 1.165) is 61.6 Å². The average Bonchev–Trinajstić information content (AvgIpc) is 3.32. The zero-order valence-electron chi connectivity index (χ0n) is 17.6. The predicted octanol–water partition coefficient (Wildman–Crippen LogP) is 3.96. The van der Waals surface area contributed by atoms with E-state index in [4.69, 9.17) is 14.5 Å². The number of aromatic nitrogens is 5. The third-order valence-corrected chi connectivity index (χ3v) is 7.84. The molecule has 0 spiro atoms. The third-order valence-electron chi connectivity index (χ3n) is 6.12. The van der Waals surface area contributed by atoms with Gasteiger partial charge in [-0.2, -0.15) is 15.1 Å². The molecule has 0 radical (unpaired) electrons. The largest absolute Gasteiger partial charge is 0.477 e. The molecule has 0 unspecified atom stereocenters. The second-order valence-corrected chi connectivity index (χ2v) is 9.59. The standard InChI is InChI=1S/C20H26IN7O2S/c1-3-30-19-16-4-5-27(31-21)18(16)24-20(25-19)23-17-12-22-28(13(17)2)15-10-14(11-15)26-6-8-29-9-7-26/h4-5,12,14-15H,3,6-11H2,1-2H3,(H,23,24,25). The number of morpholine rings is 1. The Bertz CT molecular complexity index is 1060. The van der Waals surface area contributed by atoms with Crippen LogP contribution in [0.5, 0.6) is 5.88 Å². The molecule has 4 heterocycles. The molecule has 9 nitrogen and oxygen atoms in total. The van der Waals surface area contributed by atoms with Crippen molar-refractivity contribution in [1.29, 1.82) is 0 Å². The number of nitrogens with one attached hydrogen (secondary N) is 1. The molecule has 1 aliphatic carbocycles. The van der Waals surface area contributed by atoms with Gasteiger partial charge in [0.05, 0.1) is 48.8 Å². The summed E-state index contributed by atoms with van der Waals surface area (Å²) < 4.78 is 15.4. The van der Waals surface area contributed by atoms with Crippen LogP contribution >= 0.6 is 30.3 Å². The van der Waals surface area contributed by atoms with Crippen LogP contribution in [0.3, 0.4) is 0 Å². The molecule has 2 fully saturated rings. The number of halogens is 1. The first-order valence-electron chi connectivity index (χ1n) is 10.6. The van der Waals surface area contributed by atoms with Crippen molar-refractivity contribution in [2.45, 2.75) is 38.8 Å². The van der Waals surface area contributed by atoms with Gasteiger partial charge in [0, 0.05) is 55.7 Å². The second-order valence-electron chi connectivity index (χ2n) is 7.87. The van der Waals surface area contributed by atoms with Crippen molar-refractivity contribution in [3.05, 3.63) is 24.2 Å². The van der Waals surface area contributed by atoms with Crippen LogP contribution in [0, 0.1) is 6.92 Å². The van der Waals surface area contributed by atoms with E-state index < -0.39 is 0 Å². The lowest BCUT2D eigenvalue weighted by Crippen LogP contribution is -2.50. The number of fused-ring (bicyclic) bond motifs is 1. The van der Waals surface area contributed by atoms with Gasteiger partial charge in [0.25, 0.3) is 0 Å². The van der Waals surface area contributed by atoms with E-state index in [9.17, 15) is 0 Å². The van der Waals surface area contributed by atoms with Crippen molar-refractivity contribution < 1.29 is 9.47 Å². The van der Waals surface area contributed by atoms with Crippen LogP contribution in [0.4, 0.5) is 11.6 Å². The molecule has 1 saturated carbocycles. The van der Waals surface area contributed by atoms with Gasteiger partial charge in [-0.1, -0.05) is 0 Å². The fraction of sp³-hybridized carbons (Fsp3) is 0.550. The van der Waals surface area contributed by atoms with E-state index >= 15 is 0 Å². The van der Waals surface area contributed by atoms with Crippen LogP contribution in [0.2, 0.25) is 0 Å². The number of ether oxygens (including phenoxy) is 2. The van der Waals surface area contributed by atoms with Crippen molar-refractivity contribution in [2.24, 2.45) is 0 Å². The molecule has 0 bridgehead atoms. The molecule has 3 aromatic heterocycles. The highest BCUT2D eigenvalue weighted by Gasteiger charge is 2.36. The van der Waals surface area contributed by atoms with Gasteiger partial charge in [0.1, 0.15) is 0 Å². The lowest BCUT2D eigenvalue weighted by molar-refractivity contribution is -0.0165. The molecule has 1 N–H and O–H groups in total. The molecular formula is C20H26IN7O2S. The van der Waals surface area contributed by atoms with Gasteiger partial charge < -0.3 is 14.8 Å². The molecule has 1 aliphatic heterocycles. The van der Waals surface area contributed by atoms with Gasteiger partial charge in [-0.3, -0.25) is 13.6 Å². The molecule has 0 atom stereocenters. The van der Waals surface area contributed by atoms with E-state index in [1.54, 1.807) is 9.12 Å². The fourth-order valence-corrected chi connectivity index (χ4v) is 5.62. The monoisotopic (exact) mass is 555 g/mol. The van der Waals surface area contributed by atoms with Crippen LogP contribution in [0.25, 0.3) is 11.0 Å². The third kappa shape index (κ3) is 4.12. The zero-order valence-corrected chi connectivity index (χ0v) is 20.6. The van der Waals surface area contributed by atoms with Gasteiger partial charge in [0.15, 0.2) is 5.65 Å². The van der Waals surface area contributed by atoms with Crippen LogP contribution in [-0.4, -0.2) is 67.6 Å². The normalized spacial score (nSPS) is 21.9. The van der Waals surface area contributed by atoms with E-state index in [-0.39, 0.29) is 0 Å². The Morgan fingerprint density at radius 2 is 2.06 bits per heavy atom. The van der Waals surface area contributed by atoms with Crippen LogP contribution in [0.15, 0.2) is 18.5 Å². The first-order chi connectivity index (χ1) is 15.2. The molecule has 166 valence electrons. The van der Waals surface area contributed by atoms with Crippen LogP contribution in [-0.2, 0) is 4.74 Å². The Morgan fingerprint density at radius 3 is 2.81 bits per heavy atom. The van der Waals surface area contributed by atoms with E-state index in [2.05, 4.69) is 53.1 Å². The van der Waals surface area contributed by atoms with E-state index in [1.165, 1.54) is 0 Å². The SMILES string of the molecule is CCOc1nc(Nc2cnn(C3CC(N4CCOCC4)C3)c2C)nc2c1ccn2SI. The van der Waals surface area contributed by atoms with E-state index in [1.807, 2.05) is 29.4 Å². The van der Waals surface area contributed by atoms with Crippen molar-refractivity contribution in [3.8, 4) is 5.88 Å². The van der Waals surface area contributed by atoms with Crippen molar-refractivity contribution in [1.82, 2.24) is 28.6 Å². The minimum atomic E-state index is 0.443. The quantitative estimate of drug-likeness (QED) is 0.439. The maximum absolute atomic E-state index is 5.77. The lowest BCUT2D eigenvalue weighted by atomic mass is 9.85.